The van der Waals surface area contributed by atoms with E-state index in [1.54, 1.807) is 0 Å². The number of hydrogen-bond donors (Lipinski definition) is 1. The number of hydrogen-bond acceptors (Lipinski definition) is 2. The van der Waals surface area contributed by atoms with Crippen LogP contribution in [-0.2, 0) is 11.3 Å². The Balaban J connectivity index is 1.64. The van der Waals surface area contributed by atoms with Crippen LogP contribution in [0.2, 0.25) is 0 Å². The van der Waals surface area contributed by atoms with Crippen molar-refractivity contribution in [3.8, 4) is 0 Å². The summed E-state index contributed by atoms with van der Waals surface area (Å²) in [5.74, 6) is 0. The fraction of sp³-hybridized carbons (Fsp3) is 0.412. The third-order valence-corrected chi connectivity index (χ3v) is 3.96. The van der Waals surface area contributed by atoms with Crippen molar-refractivity contribution >= 4 is 10.8 Å². The van der Waals surface area contributed by atoms with Gasteiger partial charge in [-0.25, -0.2) is 0 Å². The largest absolute Gasteiger partial charge is 0.377 e. The molecule has 1 N–H and O–H groups in total. The lowest BCUT2D eigenvalue weighted by molar-refractivity contribution is 0.0832. The van der Waals surface area contributed by atoms with Crippen molar-refractivity contribution < 1.29 is 4.74 Å². The molecule has 0 radical (unpaired) electrons. The zero-order valence-corrected chi connectivity index (χ0v) is 11.4. The monoisotopic (exact) mass is 255 g/mol. The van der Waals surface area contributed by atoms with Crippen molar-refractivity contribution in [2.75, 3.05) is 6.61 Å². The molecule has 1 saturated heterocycles. The van der Waals surface area contributed by atoms with E-state index in [4.69, 9.17) is 4.74 Å². The molecule has 2 aromatic rings. The Kier molecular flexibility index (Phi) is 3.81. The first-order valence-corrected chi connectivity index (χ1v) is 7.15. The maximum absolute atomic E-state index is 5.71. The van der Waals surface area contributed by atoms with E-state index in [1.165, 1.54) is 29.2 Å². The molecule has 1 aliphatic heterocycles. The molecule has 19 heavy (non-hydrogen) atoms. The van der Waals surface area contributed by atoms with Gasteiger partial charge in [0.25, 0.3) is 0 Å². The van der Waals surface area contributed by atoms with Crippen molar-refractivity contribution in [1.29, 1.82) is 0 Å². The highest BCUT2D eigenvalue weighted by molar-refractivity contribution is 5.82. The van der Waals surface area contributed by atoms with Crippen molar-refractivity contribution in [3.63, 3.8) is 0 Å². The molecular weight excluding hydrogens is 234 g/mol. The van der Waals surface area contributed by atoms with Crippen molar-refractivity contribution in [2.24, 2.45) is 0 Å². The first-order valence-electron chi connectivity index (χ1n) is 7.15. The Morgan fingerprint density at radius 1 is 1.21 bits per heavy atom. The summed E-state index contributed by atoms with van der Waals surface area (Å²) in [6.07, 6.45) is 2.78. The lowest BCUT2D eigenvalue weighted by Gasteiger charge is -2.20. The van der Waals surface area contributed by atoms with E-state index >= 15 is 0 Å². The second kappa shape index (κ2) is 5.72. The van der Waals surface area contributed by atoms with Gasteiger partial charge in [-0.05, 0) is 42.2 Å². The Bertz CT molecular complexity index is 546. The highest BCUT2D eigenvalue weighted by Gasteiger charge is 2.21. The molecular formula is C17H21NO. The standard InChI is InChI=1S/C17H21NO/c1-13(17-7-4-10-19-17)18-12-14-8-9-15-5-2-3-6-16(15)11-14/h2-3,5-6,8-9,11,13,17-18H,4,7,10,12H2,1H3. The second-order valence-corrected chi connectivity index (χ2v) is 5.40. The molecule has 0 saturated carbocycles. The first-order chi connectivity index (χ1) is 9.33. The molecule has 2 unspecified atom stereocenters. The normalized spacial score (nSPS) is 20.8. The predicted octanol–water partition coefficient (Wildman–Crippen LogP) is 3.50. The summed E-state index contributed by atoms with van der Waals surface area (Å²) in [5, 5.41) is 6.20. The lowest BCUT2D eigenvalue weighted by Crippen LogP contribution is -2.36. The highest BCUT2D eigenvalue weighted by Crippen LogP contribution is 2.17. The van der Waals surface area contributed by atoms with E-state index in [2.05, 4.69) is 54.7 Å². The second-order valence-electron chi connectivity index (χ2n) is 5.40. The molecule has 0 amide bonds. The van der Waals surface area contributed by atoms with Gasteiger partial charge in [0.05, 0.1) is 6.10 Å². The van der Waals surface area contributed by atoms with Crippen molar-refractivity contribution in [2.45, 2.75) is 38.5 Å². The SMILES string of the molecule is CC(NCc1ccc2ccccc2c1)C1CCCO1. The molecule has 0 spiro atoms. The minimum atomic E-state index is 0.389. The zero-order chi connectivity index (χ0) is 13.1. The number of ether oxygens (including phenoxy) is 1. The van der Waals surface area contributed by atoms with Gasteiger partial charge in [-0.15, -0.1) is 0 Å². The maximum Gasteiger partial charge on any atom is 0.0726 e. The summed E-state index contributed by atoms with van der Waals surface area (Å²) < 4.78 is 5.71. The van der Waals surface area contributed by atoms with Gasteiger partial charge >= 0.3 is 0 Å². The van der Waals surface area contributed by atoms with Crippen molar-refractivity contribution in [1.82, 2.24) is 5.32 Å². The van der Waals surface area contributed by atoms with Crippen LogP contribution in [0.1, 0.15) is 25.3 Å². The van der Waals surface area contributed by atoms with Crippen LogP contribution in [0.25, 0.3) is 10.8 Å². The summed E-state index contributed by atoms with van der Waals surface area (Å²) in [5.41, 5.74) is 1.34. The molecule has 0 bridgehead atoms. The third kappa shape index (κ3) is 2.96. The molecule has 1 heterocycles. The molecule has 0 aliphatic carbocycles. The number of benzene rings is 2. The zero-order valence-electron chi connectivity index (χ0n) is 11.4. The highest BCUT2D eigenvalue weighted by atomic mass is 16.5. The topological polar surface area (TPSA) is 21.3 Å². The van der Waals surface area contributed by atoms with Gasteiger partial charge in [-0.1, -0.05) is 36.4 Å². The van der Waals surface area contributed by atoms with Gasteiger partial charge in [-0.3, -0.25) is 0 Å². The molecule has 3 rings (SSSR count). The third-order valence-electron chi connectivity index (χ3n) is 3.96. The Hall–Kier alpha value is -1.38. The molecule has 1 fully saturated rings. The van der Waals surface area contributed by atoms with Crippen LogP contribution in [0, 0.1) is 0 Å². The average Bonchev–Trinajstić information content (AvgIpc) is 2.99. The van der Waals surface area contributed by atoms with Crippen molar-refractivity contribution in [3.05, 3.63) is 48.0 Å². The van der Waals surface area contributed by atoms with E-state index in [9.17, 15) is 0 Å². The Morgan fingerprint density at radius 2 is 2.05 bits per heavy atom. The predicted molar refractivity (Wildman–Crippen MR) is 79.2 cm³/mol. The summed E-state index contributed by atoms with van der Waals surface area (Å²) in [7, 11) is 0. The van der Waals surface area contributed by atoms with Crippen LogP contribution in [-0.4, -0.2) is 18.8 Å². The fourth-order valence-corrected chi connectivity index (χ4v) is 2.76. The molecule has 100 valence electrons. The van der Waals surface area contributed by atoms with Crippen LogP contribution < -0.4 is 5.32 Å². The summed E-state index contributed by atoms with van der Waals surface area (Å²) in [4.78, 5) is 0. The molecule has 2 heteroatoms. The van der Waals surface area contributed by atoms with Gasteiger partial charge < -0.3 is 10.1 Å². The van der Waals surface area contributed by atoms with E-state index in [-0.39, 0.29) is 0 Å². The van der Waals surface area contributed by atoms with Crippen LogP contribution >= 0.6 is 0 Å². The molecule has 1 aliphatic rings. The number of fused-ring (bicyclic) bond motifs is 1. The summed E-state index contributed by atoms with van der Waals surface area (Å²) in [6.45, 7) is 4.05. The molecule has 2 nitrogen and oxygen atoms in total. The minimum absolute atomic E-state index is 0.389. The maximum atomic E-state index is 5.71. The molecule has 0 aromatic heterocycles. The van der Waals surface area contributed by atoms with Gasteiger partial charge in [-0.2, -0.15) is 0 Å². The first kappa shape index (κ1) is 12.6. The van der Waals surface area contributed by atoms with Crippen LogP contribution in [0.3, 0.4) is 0 Å². The van der Waals surface area contributed by atoms with E-state index in [1.807, 2.05) is 0 Å². The van der Waals surface area contributed by atoms with Crippen LogP contribution in [0.15, 0.2) is 42.5 Å². The summed E-state index contributed by atoms with van der Waals surface area (Å²) >= 11 is 0. The van der Waals surface area contributed by atoms with Gasteiger partial charge in [0.15, 0.2) is 0 Å². The van der Waals surface area contributed by atoms with Gasteiger partial charge in [0, 0.05) is 19.2 Å². The van der Waals surface area contributed by atoms with E-state index < -0.39 is 0 Å². The van der Waals surface area contributed by atoms with Gasteiger partial charge in [0.1, 0.15) is 0 Å². The number of nitrogens with one attached hydrogen (secondary N) is 1. The van der Waals surface area contributed by atoms with Crippen LogP contribution in [0.4, 0.5) is 0 Å². The molecule has 2 atom stereocenters. The fourth-order valence-electron chi connectivity index (χ4n) is 2.76. The van der Waals surface area contributed by atoms with E-state index in [0.717, 1.165) is 13.2 Å². The smallest absolute Gasteiger partial charge is 0.0726 e. The Labute approximate surface area is 114 Å². The average molecular weight is 255 g/mol. The lowest BCUT2D eigenvalue weighted by atomic mass is 10.1. The quantitative estimate of drug-likeness (QED) is 0.903. The minimum Gasteiger partial charge on any atom is -0.377 e. The Morgan fingerprint density at radius 3 is 2.84 bits per heavy atom. The summed E-state index contributed by atoms with van der Waals surface area (Å²) in [6, 6.07) is 15.6. The van der Waals surface area contributed by atoms with E-state index in [0.29, 0.717) is 12.1 Å². The van der Waals surface area contributed by atoms with Crippen LogP contribution in [0.5, 0.6) is 0 Å². The molecule has 2 aromatic carbocycles. The van der Waals surface area contributed by atoms with Gasteiger partial charge in [0.2, 0.25) is 0 Å². The number of rotatable bonds is 4.